The predicted molar refractivity (Wildman–Crippen MR) is 134 cm³/mol. The van der Waals surface area contributed by atoms with Gasteiger partial charge in [-0.3, -0.25) is 4.79 Å². The van der Waals surface area contributed by atoms with Crippen LogP contribution in [0.4, 0.5) is 4.39 Å². The number of esters is 1. The molecule has 0 heterocycles. The van der Waals surface area contributed by atoms with Crippen molar-refractivity contribution in [3.8, 4) is 6.07 Å². The molecule has 0 aromatic heterocycles. The number of nitriles is 1. The Morgan fingerprint density at radius 1 is 1.14 bits per heavy atom. The van der Waals surface area contributed by atoms with E-state index in [1.165, 1.54) is 23.9 Å². The molecule has 0 saturated heterocycles. The van der Waals surface area contributed by atoms with Crippen LogP contribution in [0, 0.1) is 56.4 Å². The van der Waals surface area contributed by atoms with Crippen LogP contribution < -0.4 is 0 Å². The molecular formula is C26H33FFeNO6SSi. The van der Waals surface area contributed by atoms with Gasteiger partial charge >= 0.3 is 39.9 Å². The standard InChI is InChI=1S/C23H33FNO3SSi.3CO.Fe/c1-7-27-22(26)17-19(28-30(5,6)23(2,3)4)9-8-10-20(15-16-25)29-21-13-11-18(24)12-14-21;3*1-2;/h8-14,19-20H,7,15,17H2,1-6H3;;;;/t19-,20+;;;;/m0..../s1. The third-order valence-electron chi connectivity index (χ3n) is 4.97. The molecule has 11 heteroatoms. The Labute approximate surface area is 237 Å². The van der Waals surface area contributed by atoms with Crippen LogP contribution in [-0.4, -0.2) is 32.2 Å². The maximum Gasteiger partial charge on any atom is 0 e. The molecule has 203 valence electrons. The normalized spacial score (nSPS) is 11.6. The molecule has 0 N–H and O–H groups in total. The SMILES string of the molecule is CCOC(=O)C[C@H]([CH][CH][CH][C@H](CC#N)Sc1ccc(F)cc1)O[Si](C)(C)C(C)(C)C.[C-]#[O+].[C-]#[O+].[C-]#[O+].[Fe]. The van der Waals surface area contributed by atoms with Crippen LogP contribution in [0.3, 0.4) is 0 Å². The Balaban J connectivity index is -0.000000721. The number of halogens is 1. The van der Waals surface area contributed by atoms with Gasteiger partial charge in [0.05, 0.1) is 25.2 Å². The number of nitrogens with zero attached hydrogens (tertiary/aromatic N) is 1. The van der Waals surface area contributed by atoms with Crippen molar-refractivity contribution in [2.24, 2.45) is 0 Å². The zero-order valence-electron chi connectivity index (χ0n) is 21.9. The summed E-state index contributed by atoms with van der Waals surface area (Å²) in [6.07, 6.45) is 5.73. The summed E-state index contributed by atoms with van der Waals surface area (Å²) in [4.78, 5) is 12.9. The fourth-order valence-electron chi connectivity index (χ4n) is 2.33. The molecule has 0 fully saturated rings. The molecule has 0 unspecified atom stereocenters. The van der Waals surface area contributed by atoms with E-state index in [0.717, 1.165) is 4.90 Å². The van der Waals surface area contributed by atoms with Crippen molar-refractivity contribution < 1.29 is 49.4 Å². The van der Waals surface area contributed by atoms with Crippen molar-refractivity contribution in [1.82, 2.24) is 0 Å². The van der Waals surface area contributed by atoms with Crippen molar-refractivity contribution in [2.45, 2.75) is 74.9 Å². The van der Waals surface area contributed by atoms with Crippen LogP contribution in [-0.2, 0) is 45.0 Å². The van der Waals surface area contributed by atoms with Gasteiger partial charge < -0.3 is 9.16 Å². The van der Waals surface area contributed by atoms with Crippen LogP contribution in [0.2, 0.25) is 18.1 Å². The van der Waals surface area contributed by atoms with Crippen molar-refractivity contribution in [3.63, 3.8) is 0 Å². The van der Waals surface area contributed by atoms with Crippen LogP contribution in [0.5, 0.6) is 0 Å². The minimum atomic E-state index is -2.08. The Bertz CT molecular complexity index is 820. The molecule has 1 aromatic rings. The van der Waals surface area contributed by atoms with Gasteiger partial charge in [0.25, 0.3) is 0 Å². The van der Waals surface area contributed by atoms with Gasteiger partial charge in [-0.15, -0.1) is 11.8 Å². The molecule has 0 amide bonds. The van der Waals surface area contributed by atoms with Crippen LogP contribution in [0.15, 0.2) is 29.2 Å². The van der Waals surface area contributed by atoms with Crippen molar-refractivity contribution >= 4 is 26.0 Å². The van der Waals surface area contributed by atoms with Crippen molar-refractivity contribution in [3.05, 3.63) is 69.3 Å². The summed E-state index contributed by atoms with van der Waals surface area (Å²) in [7, 11) is -2.08. The molecule has 37 heavy (non-hydrogen) atoms. The first kappa shape index (κ1) is 42.5. The molecule has 0 saturated carbocycles. The van der Waals surface area contributed by atoms with E-state index in [9.17, 15) is 9.18 Å². The number of ether oxygens (including phenoxy) is 1. The van der Waals surface area contributed by atoms with E-state index in [2.05, 4.69) is 59.9 Å². The number of carbonyl (C=O) groups excluding carboxylic acids is 1. The van der Waals surface area contributed by atoms with E-state index < -0.39 is 8.32 Å². The average molecular weight is 591 g/mol. The van der Waals surface area contributed by atoms with Gasteiger partial charge in [0.2, 0.25) is 0 Å². The number of thioether (sulfide) groups is 1. The zero-order valence-corrected chi connectivity index (χ0v) is 24.8. The van der Waals surface area contributed by atoms with E-state index in [1.807, 2.05) is 19.3 Å². The summed E-state index contributed by atoms with van der Waals surface area (Å²) in [6.45, 7) is 26.4. The summed E-state index contributed by atoms with van der Waals surface area (Å²) in [6, 6.07) is 8.40. The molecule has 0 spiro atoms. The van der Waals surface area contributed by atoms with Gasteiger partial charge in [-0.25, -0.2) is 4.39 Å². The molecular weight excluding hydrogens is 557 g/mol. The molecule has 0 bridgehead atoms. The van der Waals surface area contributed by atoms with Gasteiger partial charge in [0.1, 0.15) is 5.82 Å². The van der Waals surface area contributed by atoms with E-state index in [-0.39, 0.29) is 51.7 Å². The third-order valence-corrected chi connectivity index (χ3v) is 10.6. The van der Waals surface area contributed by atoms with E-state index in [0.29, 0.717) is 13.0 Å². The molecule has 7 nitrogen and oxygen atoms in total. The largest absolute Gasteiger partial charge is 0 e. The first-order valence-electron chi connectivity index (χ1n) is 10.7. The van der Waals surface area contributed by atoms with Crippen molar-refractivity contribution in [1.29, 1.82) is 5.26 Å². The molecule has 0 aliphatic carbocycles. The molecule has 1 rings (SSSR count). The van der Waals surface area contributed by atoms with Crippen LogP contribution in [0.25, 0.3) is 0 Å². The fourth-order valence-corrected chi connectivity index (χ4v) is 4.57. The first-order valence-corrected chi connectivity index (χ1v) is 14.5. The minimum absolute atomic E-state index is 0. The van der Waals surface area contributed by atoms with Gasteiger partial charge in [0.15, 0.2) is 8.32 Å². The van der Waals surface area contributed by atoms with Gasteiger partial charge in [-0.1, -0.05) is 20.8 Å². The zero-order chi connectivity index (χ0) is 28.8. The second kappa shape index (κ2) is 24.7. The quantitative estimate of drug-likeness (QED) is 0.0967. The summed E-state index contributed by atoms with van der Waals surface area (Å²) < 4.78 is 47.1. The van der Waals surface area contributed by atoms with E-state index >= 15 is 0 Å². The molecule has 3 radical (unpaired) electrons. The van der Waals surface area contributed by atoms with E-state index in [4.69, 9.17) is 28.4 Å². The fraction of sp³-hybridized carbons (Fsp3) is 0.462. The number of hydrogen-bond donors (Lipinski definition) is 0. The number of carbonyl (C=O) groups is 1. The number of benzene rings is 1. The van der Waals surface area contributed by atoms with Gasteiger partial charge in [0, 0.05) is 33.6 Å². The van der Waals surface area contributed by atoms with Crippen LogP contribution in [0.1, 0.15) is 40.5 Å². The third kappa shape index (κ3) is 20.1. The molecule has 0 aliphatic heterocycles. The molecule has 0 aliphatic rings. The second-order valence-corrected chi connectivity index (χ2v) is 14.5. The summed E-state index contributed by atoms with van der Waals surface area (Å²) in [5.41, 5.74) is 0. The van der Waals surface area contributed by atoms with Crippen molar-refractivity contribution in [2.75, 3.05) is 6.61 Å². The number of rotatable bonds is 12. The Morgan fingerprint density at radius 2 is 1.65 bits per heavy atom. The molecule has 1 aromatic carbocycles. The Morgan fingerprint density at radius 3 is 2.08 bits per heavy atom. The topological polar surface area (TPSA) is 119 Å². The Kier molecular flexibility index (Phi) is 28.3. The van der Waals surface area contributed by atoms with Crippen LogP contribution >= 0.6 is 11.8 Å². The number of hydrogen-bond acceptors (Lipinski definition) is 5. The van der Waals surface area contributed by atoms with Gasteiger partial charge in [-0.05, 0) is 68.6 Å². The maximum absolute atomic E-state index is 13.1. The minimum Gasteiger partial charge on any atom is 0 e. The van der Waals surface area contributed by atoms with Gasteiger partial charge in [-0.2, -0.15) is 5.26 Å². The van der Waals surface area contributed by atoms with E-state index in [1.54, 1.807) is 19.1 Å². The Hall–Kier alpha value is -1.62. The predicted octanol–water partition coefficient (Wildman–Crippen LogP) is 6.04. The monoisotopic (exact) mass is 590 g/mol. The summed E-state index contributed by atoms with van der Waals surface area (Å²) in [5.74, 6) is -0.579. The smallest absolute Gasteiger partial charge is 0 e. The maximum atomic E-state index is 13.1. The average Bonchev–Trinajstić information content (AvgIpc) is 2.83. The summed E-state index contributed by atoms with van der Waals surface area (Å²) in [5, 5.41) is 9.06. The second-order valence-electron chi connectivity index (χ2n) is 8.48. The summed E-state index contributed by atoms with van der Waals surface area (Å²) >= 11 is 1.49. The molecule has 2 atom stereocenters. The first-order chi connectivity index (χ1) is 17.0.